The Hall–Kier alpha value is -2.45. The second kappa shape index (κ2) is 10.8. The number of nitrogen functional groups attached to an aromatic ring is 2. The molecule has 4 aromatic heterocycles. The Labute approximate surface area is 257 Å². The normalized spacial score (nSPS) is 38.0. The van der Waals surface area contributed by atoms with E-state index in [0.29, 0.717) is 16.7 Å². The van der Waals surface area contributed by atoms with Crippen LogP contribution in [-0.2, 0) is 32.0 Å². The number of thiol groups is 2. The number of nitrogens with zero attached hydrogens (tertiary/aromatic N) is 8. The van der Waals surface area contributed by atoms with Crippen molar-refractivity contribution >= 4 is 71.9 Å². The average molecular weight is 691 g/mol. The van der Waals surface area contributed by atoms with E-state index in [9.17, 15) is 14.2 Å². The van der Waals surface area contributed by atoms with Crippen molar-refractivity contribution in [1.29, 1.82) is 0 Å². The zero-order valence-electron chi connectivity index (χ0n) is 22.5. The van der Waals surface area contributed by atoms with Crippen LogP contribution in [0.25, 0.3) is 22.2 Å². The number of aryl methyl sites for hydroxylation is 1. The largest absolute Gasteiger partial charge is 0.388 e. The van der Waals surface area contributed by atoms with E-state index in [0.717, 1.165) is 0 Å². The molecule has 4 aromatic rings. The van der Waals surface area contributed by atoms with Crippen LogP contribution in [0.3, 0.4) is 0 Å². The Balaban J connectivity index is 1.22. The number of hydrogen-bond donors (Lipinski definition) is 5. The molecule has 18 nitrogen and oxygen atoms in total. The first-order chi connectivity index (χ1) is 20.8. The Kier molecular flexibility index (Phi) is 7.43. The van der Waals surface area contributed by atoms with Crippen LogP contribution >= 0.6 is 38.1 Å². The van der Waals surface area contributed by atoms with Crippen LogP contribution in [0.4, 0.5) is 16.0 Å². The van der Waals surface area contributed by atoms with Gasteiger partial charge in [-0.2, -0.15) is 5.10 Å². The topological polar surface area (TPSA) is 240 Å². The summed E-state index contributed by atoms with van der Waals surface area (Å²) in [7, 11) is 0. The van der Waals surface area contributed by atoms with Gasteiger partial charge in [0.1, 0.15) is 48.4 Å². The highest BCUT2D eigenvalue weighted by molar-refractivity contribution is 8.44. The van der Waals surface area contributed by atoms with Crippen LogP contribution in [0.15, 0.2) is 19.0 Å². The minimum Gasteiger partial charge on any atom is -0.388 e. The number of ether oxygens (including phenoxy) is 1. The maximum absolute atomic E-state index is 16.1. The van der Waals surface area contributed by atoms with Gasteiger partial charge in [-0.05, 0) is 6.92 Å². The summed E-state index contributed by atoms with van der Waals surface area (Å²) in [6.45, 7) is -7.62. The summed E-state index contributed by atoms with van der Waals surface area (Å²) in [4.78, 5) is 20.3. The highest BCUT2D eigenvalue weighted by atomic mass is 32.7. The highest BCUT2D eigenvalue weighted by Gasteiger charge is 2.55. The molecule has 236 valence electrons. The van der Waals surface area contributed by atoms with Gasteiger partial charge in [-0.3, -0.25) is 22.7 Å². The third kappa shape index (κ3) is 5.08. The number of hydrogen-bond acceptors (Lipinski definition) is 16. The molecule has 3 fully saturated rings. The molecule has 0 amide bonds. The molecule has 2 saturated heterocycles. The summed E-state index contributed by atoms with van der Waals surface area (Å²) in [6, 6.07) is -0.892. The van der Waals surface area contributed by atoms with Crippen molar-refractivity contribution in [1.82, 2.24) is 39.3 Å². The van der Waals surface area contributed by atoms with Crippen molar-refractivity contribution in [3.63, 3.8) is 0 Å². The van der Waals surface area contributed by atoms with Crippen molar-refractivity contribution in [3.8, 4) is 0 Å². The minimum absolute atomic E-state index is 0.0655. The van der Waals surface area contributed by atoms with Gasteiger partial charge >= 0.3 is 13.6 Å². The average Bonchev–Trinajstić information content (AvgIpc) is 3.68. The predicted molar refractivity (Wildman–Crippen MR) is 156 cm³/mol. The summed E-state index contributed by atoms with van der Waals surface area (Å²) in [5.74, 6) is 0.242. The standard InChI is InChI=1S/C21H25FN10O8P2S2/c1-7-11-17(23)25-4-27-19(11)32(30-7)8-2-9-14(33)15(8)39-41(34,43)36-3-10-16(40-42(35,44)38-9)12(22)21(37-10)31-6-29-13-18(24)26-5-28-20(13)31/h4-6,8-10,12,14-16,21,33H,2-3H2,1H3,(H,34,43)(H,35,44)(H2,23,25,27)(H2,24,26,28)/t8-,9+,10-,12-,14-,15+,16-,21-,41?,42?/m1/s1. The van der Waals surface area contributed by atoms with Crippen LogP contribution in [0, 0.1) is 6.92 Å². The zero-order chi connectivity index (χ0) is 31.1. The number of alkyl halides is 1. The Bertz CT molecular complexity index is 1870. The maximum atomic E-state index is 16.1. The van der Waals surface area contributed by atoms with Gasteiger partial charge in [0.15, 0.2) is 29.5 Å². The van der Waals surface area contributed by atoms with Gasteiger partial charge in [-0.15, -0.1) is 0 Å². The van der Waals surface area contributed by atoms with Crippen molar-refractivity contribution in [2.24, 2.45) is 0 Å². The third-order valence-corrected chi connectivity index (χ3v) is 10.9. The predicted octanol–water partition coefficient (Wildman–Crippen LogP) is 1.94. The number of imidazole rings is 1. The van der Waals surface area contributed by atoms with E-state index in [4.69, 9.17) is 34.3 Å². The second-order valence-corrected chi connectivity index (χ2v) is 16.1. The van der Waals surface area contributed by atoms with E-state index in [2.05, 4.69) is 54.5 Å². The van der Waals surface area contributed by atoms with Gasteiger partial charge < -0.3 is 21.3 Å². The molecule has 1 saturated carbocycles. The first kappa shape index (κ1) is 30.2. The van der Waals surface area contributed by atoms with Crippen LogP contribution < -0.4 is 11.5 Å². The number of fused-ring (bicyclic) bond motifs is 5. The molecule has 6 heterocycles. The van der Waals surface area contributed by atoms with E-state index < -0.39 is 69.2 Å². The number of aliphatic hydroxyl groups is 1. The molecule has 5 N–H and O–H groups in total. The summed E-state index contributed by atoms with van der Waals surface area (Å²) in [5, 5.41) is 16.2. The fraction of sp³-hybridized carbons (Fsp3) is 0.524. The molecule has 23 heteroatoms. The van der Waals surface area contributed by atoms with E-state index in [1.807, 2.05) is 0 Å². The fourth-order valence-electron chi connectivity index (χ4n) is 5.76. The van der Waals surface area contributed by atoms with E-state index >= 15 is 4.39 Å². The molecule has 10 atom stereocenters. The van der Waals surface area contributed by atoms with Crippen molar-refractivity contribution in [3.05, 3.63) is 24.7 Å². The quantitative estimate of drug-likeness (QED) is 0.149. The zero-order valence-corrected chi connectivity index (χ0v) is 26.0. The second-order valence-electron chi connectivity index (χ2n) is 10.4. The molecule has 2 bridgehead atoms. The first-order valence-electron chi connectivity index (χ1n) is 13.0. The lowest BCUT2D eigenvalue weighted by atomic mass is 10.1. The summed E-state index contributed by atoms with van der Waals surface area (Å²) >= 11 is 8.20. The van der Waals surface area contributed by atoms with E-state index in [-0.39, 0.29) is 29.2 Å². The SMILES string of the molecule is Cc1nn([C@@H]2C[C@@H]3OP(=O)(S)O[C@H]4[C@@H](F)[C@H](n5cnc6c(N)ncnc65)O[C@@H]4COP(=O)(S)O[C@@H]2[C@@H]3O)c2ncnc(N)c12. The molecule has 1 aliphatic carbocycles. The van der Waals surface area contributed by atoms with Gasteiger partial charge in [-0.25, -0.2) is 43.1 Å². The summed E-state index contributed by atoms with van der Waals surface area (Å²) in [5.41, 5.74) is 13.0. The third-order valence-electron chi connectivity index (χ3n) is 7.69. The number of aliphatic hydroxyl groups excluding tert-OH is 1. The van der Waals surface area contributed by atoms with Gasteiger partial charge in [0.2, 0.25) is 0 Å². The molecule has 0 spiro atoms. The molecular weight excluding hydrogens is 665 g/mol. The summed E-state index contributed by atoms with van der Waals surface area (Å²) in [6.07, 6.45) is -6.93. The molecule has 2 unspecified atom stereocenters. The van der Waals surface area contributed by atoms with Crippen LogP contribution in [-0.4, -0.2) is 87.7 Å². The van der Waals surface area contributed by atoms with Gasteiger partial charge in [0, 0.05) is 6.42 Å². The Morgan fingerprint density at radius 2 is 1.68 bits per heavy atom. The van der Waals surface area contributed by atoms with Crippen LogP contribution in [0.5, 0.6) is 0 Å². The smallest absolute Gasteiger partial charge is 0.386 e. The van der Waals surface area contributed by atoms with Gasteiger partial charge in [0.05, 0.1) is 36.2 Å². The monoisotopic (exact) mass is 690 g/mol. The van der Waals surface area contributed by atoms with E-state index in [1.165, 1.54) is 28.2 Å². The lowest BCUT2D eigenvalue weighted by Crippen LogP contribution is -2.37. The van der Waals surface area contributed by atoms with Crippen LogP contribution in [0.2, 0.25) is 0 Å². The number of aromatic nitrogens is 8. The number of anilines is 2. The Morgan fingerprint density at radius 1 is 0.977 bits per heavy atom. The molecule has 0 radical (unpaired) electrons. The molecular formula is C21H25FN10O8P2S2. The van der Waals surface area contributed by atoms with E-state index in [1.54, 1.807) is 6.92 Å². The summed E-state index contributed by atoms with van der Waals surface area (Å²) < 4.78 is 74.3. The minimum atomic E-state index is -4.42. The number of rotatable bonds is 2. The lowest BCUT2D eigenvalue weighted by Gasteiger charge is -2.29. The molecule has 2 aliphatic heterocycles. The van der Waals surface area contributed by atoms with Gasteiger partial charge in [-0.1, -0.05) is 24.5 Å². The molecule has 3 aliphatic rings. The van der Waals surface area contributed by atoms with Crippen molar-refractivity contribution < 1.29 is 41.5 Å². The number of halogens is 1. The molecule has 7 rings (SSSR count). The highest BCUT2D eigenvalue weighted by Crippen LogP contribution is 2.62. The lowest BCUT2D eigenvalue weighted by molar-refractivity contribution is -0.0521. The maximum Gasteiger partial charge on any atom is 0.386 e. The number of nitrogens with two attached hydrogens (primary N) is 2. The van der Waals surface area contributed by atoms with Crippen molar-refractivity contribution in [2.75, 3.05) is 18.1 Å². The van der Waals surface area contributed by atoms with Crippen molar-refractivity contribution in [2.45, 2.75) is 62.3 Å². The fourth-order valence-corrected chi connectivity index (χ4v) is 9.11. The Morgan fingerprint density at radius 3 is 2.45 bits per heavy atom. The molecule has 44 heavy (non-hydrogen) atoms. The van der Waals surface area contributed by atoms with Crippen LogP contribution in [0.1, 0.15) is 24.4 Å². The molecule has 0 aromatic carbocycles. The van der Waals surface area contributed by atoms with Gasteiger partial charge in [0.25, 0.3) is 0 Å². The first-order valence-corrected chi connectivity index (χ1v) is 18.4.